The van der Waals surface area contributed by atoms with Crippen LogP contribution >= 0.6 is 11.6 Å². The van der Waals surface area contributed by atoms with Crippen molar-refractivity contribution in [3.63, 3.8) is 0 Å². The Bertz CT molecular complexity index is 2090. The summed E-state index contributed by atoms with van der Waals surface area (Å²) in [6.45, 7) is 0. The number of para-hydroxylation sites is 1. The van der Waals surface area contributed by atoms with E-state index in [2.05, 4.69) is 20.9 Å². The van der Waals surface area contributed by atoms with Crippen molar-refractivity contribution in [2.45, 2.75) is 48.1 Å². The number of anilines is 2. The number of halogens is 1. The lowest BCUT2D eigenvalue weighted by Gasteiger charge is -2.60. The Morgan fingerprint density at radius 3 is 2.35 bits per heavy atom. The first-order valence-corrected chi connectivity index (χ1v) is 16.5. The molecule has 0 unspecified atom stereocenters. The van der Waals surface area contributed by atoms with Crippen molar-refractivity contribution >= 4 is 56.2 Å². The van der Waals surface area contributed by atoms with Gasteiger partial charge >= 0.3 is 6.09 Å². The average molecular weight is 657 g/mol. The van der Waals surface area contributed by atoms with Gasteiger partial charge in [0.25, 0.3) is 15.9 Å². The third kappa shape index (κ3) is 5.33. The van der Waals surface area contributed by atoms with Crippen LogP contribution in [0.2, 0.25) is 5.02 Å². The molecule has 0 saturated heterocycles. The Labute approximate surface area is 269 Å². The summed E-state index contributed by atoms with van der Waals surface area (Å²) >= 11 is 6.64. The molecule has 2 heterocycles. The first-order valence-electron chi connectivity index (χ1n) is 14.7. The Hall–Kier alpha value is -4.94. The van der Waals surface area contributed by atoms with E-state index in [-0.39, 0.29) is 26.9 Å². The molecule has 0 aliphatic heterocycles. The van der Waals surface area contributed by atoms with Gasteiger partial charge in [-0.2, -0.15) is 0 Å². The fraction of sp³-hybridized carbons (Fsp3) is 0.212. The summed E-state index contributed by atoms with van der Waals surface area (Å²) in [5.74, 6) is 0.148. The SMILES string of the molecule is O=C(O)Nc1ccc(C(=O)NC23CCCC(Nc4ncc(Cl)c(-c5cn(S(=O)(=O)c6ccccc6)c6ccccc56)n4)(C2)C3)cc1. The number of hydrogen-bond acceptors (Lipinski definition) is 7. The van der Waals surface area contributed by atoms with E-state index < -0.39 is 16.1 Å². The smallest absolute Gasteiger partial charge is 0.409 e. The predicted molar refractivity (Wildman–Crippen MR) is 175 cm³/mol. The van der Waals surface area contributed by atoms with Crippen LogP contribution in [0.3, 0.4) is 0 Å². The normalized spacial score (nSPS) is 20.5. The molecule has 46 heavy (non-hydrogen) atoms. The molecule has 2 bridgehead atoms. The van der Waals surface area contributed by atoms with E-state index >= 15 is 0 Å². The Morgan fingerprint density at radius 1 is 0.913 bits per heavy atom. The van der Waals surface area contributed by atoms with Gasteiger partial charge < -0.3 is 15.7 Å². The lowest BCUT2D eigenvalue weighted by atomic mass is 9.54. The zero-order valence-electron chi connectivity index (χ0n) is 24.4. The van der Waals surface area contributed by atoms with Crippen LogP contribution in [0.1, 0.15) is 42.5 Å². The number of nitrogens with one attached hydrogen (secondary N) is 3. The summed E-state index contributed by atoms with van der Waals surface area (Å²) in [5.41, 5.74) is 1.60. The lowest BCUT2D eigenvalue weighted by molar-refractivity contribution is 0.0272. The number of carboxylic acid groups (broad SMARTS) is 1. The van der Waals surface area contributed by atoms with E-state index in [1.54, 1.807) is 72.9 Å². The maximum absolute atomic E-state index is 13.6. The van der Waals surface area contributed by atoms with Gasteiger partial charge in [-0.1, -0.05) is 48.0 Å². The van der Waals surface area contributed by atoms with Gasteiger partial charge in [0.1, 0.15) is 0 Å². The number of carbonyl (C=O) groups is 2. The number of carbonyl (C=O) groups excluding carboxylic acids is 1. The topological polar surface area (TPSA) is 155 Å². The zero-order valence-corrected chi connectivity index (χ0v) is 26.0. The molecular formula is C33H29ClN6O5S. The second kappa shape index (κ2) is 11.1. The molecule has 0 spiro atoms. The first kappa shape index (κ1) is 29.8. The van der Waals surface area contributed by atoms with E-state index in [0.29, 0.717) is 52.2 Å². The molecule has 3 saturated carbocycles. The quantitative estimate of drug-likeness (QED) is 0.150. The maximum Gasteiger partial charge on any atom is 0.409 e. The molecule has 3 fully saturated rings. The lowest BCUT2D eigenvalue weighted by Crippen LogP contribution is -2.70. The van der Waals surface area contributed by atoms with Gasteiger partial charge in [0.2, 0.25) is 5.95 Å². The minimum absolute atomic E-state index is 0.169. The molecule has 2 aromatic heterocycles. The summed E-state index contributed by atoms with van der Waals surface area (Å²) in [6, 6.07) is 21.8. The number of hydrogen-bond donors (Lipinski definition) is 4. The Kier molecular flexibility index (Phi) is 7.21. The molecule has 4 N–H and O–H groups in total. The van der Waals surface area contributed by atoms with E-state index in [0.717, 1.165) is 19.3 Å². The minimum Gasteiger partial charge on any atom is -0.465 e. The summed E-state index contributed by atoms with van der Waals surface area (Å²) in [6.07, 6.45) is 5.86. The fourth-order valence-electron chi connectivity index (χ4n) is 6.90. The molecular weight excluding hydrogens is 628 g/mol. The third-order valence-corrected chi connectivity index (χ3v) is 10.8. The van der Waals surface area contributed by atoms with Gasteiger partial charge in [0.05, 0.1) is 27.3 Å². The van der Waals surface area contributed by atoms with Crippen molar-refractivity contribution in [2.24, 2.45) is 0 Å². The number of fused-ring (bicyclic) bond motifs is 3. The molecule has 2 amide bonds. The van der Waals surface area contributed by atoms with Crippen LogP contribution in [-0.2, 0) is 10.0 Å². The van der Waals surface area contributed by atoms with E-state index in [9.17, 15) is 18.0 Å². The highest BCUT2D eigenvalue weighted by Crippen LogP contribution is 2.53. The average Bonchev–Trinajstić information content (AvgIpc) is 3.42. The van der Waals surface area contributed by atoms with Crippen LogP contribution < -0.4 is 16.0 Å². The molecule has 0 radical (unpaired) electrons. The van der Waals surface area contributed by atoms with Gasteiger partial charge in [-0.25, -0.2) is 27.2 Å². The van der Waals surface area contributed by atoms with E-state index in [4.69, 9.17) is 21.7 Å². The molecule has 8 rings (SSSR count). The van der Waals surface area contributed by atoms with E-state index in [1.807, 2.05) is 12.1 Å². The molecule has 5 aromatic rings. The van der Waals surface area contributed by atoms with Crippen molar-refractivity contribution in [1.29, 1.82) is 0 Å². The molecule has 3 aliphatic carbocycles. The number of rotatable bonds is 8. The second-order valence-corrected chi connectivity index (χ2v) is 14.1. The van der Waals surface area contributed by atoms with E-state index in [1.165, 1.54) is 10.2 Å². The standard InChI is InChI=1S/C33H29ClN6O5S/c34-26-17-35-30(37-28(26)25-18-40(27-10-5-4-9-24(25)27)46(44,45)23-7-2-1-3-8-23)39-33-16-6-15-32(19-33,20-33)38-29(41)21-11-13-22(14-12-21)36-31(42)43/h1-5,7-14,17-18,36H,6,15-16,19-20H2,(H,38,41)(H,42,43)(H,35,37,39). The van der Waals surface area contributed by atoms with Crippen LogP contribution in [0, 0.1) is 0 Å². The first-order chi connectivity index (χ1) is 22.1. The van der Waals surface area contributed by atoms with Crippen molar-refractivity contribution < 1.29 is 23.1 Å². The summed E-state index contributed by atoms with van der Waals surface area (Å²) < 4.78 is 28.5. The summed E-state index contributed by atoms with van der Waals surface area (Å²) in [7, 11) is -3.89. The number of nitrogens with zero attached hydrogens (tertiary/aromatic N) is 3. The Morgan fingerprint density at radius 2 is 1.61 bits per heavy atom. The van der Waals surface area contributed by atoms with Crippen molar-refractivity contribution in [2.75, 3.05) is 10.6 Å². The number of benzene rings is 3. The van der Waals surface area contributed by atoms with Gasteiger partial charge in [-0.05, 0) is 74.6 Å². The fourth-order valence-corrected chi connectivity index (χ4v) is 8.49. The van der Waals surface area contributed by atoms with Crippen LogP contribution in [0.4, 0.5) is 16.4 Å². The van der Waals surface area contributed by atoms with Crippen LogP contribution in [0.5, 0.6) is 0 Å². The third-order valence-electron chi connectivity index (χ3n) is 8.80. The van der Waals surface area contributed by atoms with Crippen molar-refractivity contribution in [1.82, 2.24) is 19.3 Å². The minimum atomic E-state index is -3.89. The predicted octanol–water partition coefficient (Wildman–Crippen LogP) is 6.38. The molecule has 11 nitrogen and oxygen atoms in total. The monoisotopic (exact) mass is 656 g/mol. The largest absolute Gasteiger partial charge is 0.465 e. The van der Waals surface area contributed by atoms with Crippen molar-refractivity contribution in [3.05, 3.63) is 102 Å². The maximum atomic E-state index is 13.6. The van der Waals surface area contributed by atoms with Crippen LogP contribution in [0.15, 0.2) is 96.2 Å². The molecule has 234 valence electrons. The highest BCUT2D eigenvalue weighted by atomic mass is 35.5. The van der Waals surface area contributed by atoms with Gasteiger partial charge in [-0.15, -0.1) is 0 Å². The summed E-state index contributed by atoms with van der Waals surface area (Å²) in [5, 5.41) is 18.8. The summed E-state index contributed by atoms with van der Waals surface area (Å²) in [4.78, 5) is 33.4. The molecule has 13 heteroatoms. The molecule has 3 aromatic carbocycles. The van der Waals surface area contributed by atoms with Gasteiger partial charge in [-0.3, -0.25) is 10.1 Å². The highest BCUT2D eigenvalue weighted by molar-refractivity contribution is 7.90. The highest BCUT2D eigenvalue weighted by Gasteiger charge is 2.58. The zero-order chi connectivity index (χ0) is 32.1. The van der Waals surface area contributed by atoms with Crippen molar-refractivity contribution in [3.8, 4) is 11.3 Å². The molecule has 0 atom stereocenters. The van der Waals surface area contributed by atoms with Crippen LogP contribution in [0.25, 0.3) is 22.2 Å². The second-order valence-electron chi connectivity index (χ2n) is 11.9. The number of aromatic nitrogens is 3. The Balaban J connectivity index is 1.13. The van der Waals surface area contributed by atoms with Gasteiger partial charge in [0, 0.05) is 39.5 Å². The molecule has 3 aliphatic rings. The number of amides is 2. The van der Waals surface area contributed by atoms with Gasteiger partial charge in [0.15, 0.2) is 0 Å². The van der Waals surface area contributed by atoms with Crippen LogP contribution in [-0.4, -0.2) is 50.5 Å².